The number of hydrogen-bond donors (Lipinski definition) is 2. The lowest BCUT2D eigenvalue weighted by molar-refractivity contribution is 0.102. The van der Waals surface area contributed by atoms with Gasteiger partial charge in [0.1, 0.15) is 0 Å². The molecule has 0 aromatic heterocycles. The SMILES string of the molecule is CC(C)c1ccc(C(=O)Nc2ccc(S(=O)(=O)Nc3ccccc3)cc2)cc1. The highest BCUT2D eigenvalue weighted by Gasteiger charge is 2.14. The zero-order valence-electron chi connectivity index (χ0n) is 15.7. The van der Waals surface area contributed by atoms with Crippen LogP contribution in [0.25, 0.3) is 0 Å². The first-order valence-corrected chi connectivity index (χ1v) is 10.4. The Kier molecular flexibility index (Phi) is 5.80. The van der Waals surface area contributed by atoms with E-state index >= 15 is 0 Å². The predicted molar refractivity (Wildman–Crippen MR) is 112 cm³/mol. The van der Waals surface area contributed by atoms with Gasteiger partial charge in [-0.25, -0.2) is 8.42 Å². The van der Waals surface area contributed by atoms with Crippen molar-refractivity contribution in [2.24, 2.45) is 0 Å². The maximum absolute atomic E-state index is 12.4. The van der Waals surface area contributed by atoms with Gasteiger partial charge in [-0.2, -0.15) is 0 Å². The number of para-hydroxylation sites is 1. The summed E-state index contributed by atoms with van der Waals surface area (Å²) in [7, 11) is -3.69. The minimum atomic E-state index is -3.69. The Morgan fingerprint density at radius 3 is 1.96 bits per heavy atom. The monoisotopic (exact) mass is 394 g/mol. The number of sulfonamides is 1. The quantitative estimate of drug-likeness (QED) is 0.627. The first-order chi connectivity index (χ1) is 13.3. The second-order valence-corrected chi connectivity index (χ2v) is 8.41. The van der Waals surface area contributed by atoms with E-state index in [-0.39, 0.29) is 10.8 Å². The van der Waals surface area contributed by atoms with Crippen LogP contribution in [0.2, 0.25) is 0 Å². The molecule has 0 bridgehead atoms. The molecule has 3 rings (SSSR count). The summed E-state index contributed by atoms with van der Waals surface area (Å²) in [5.74, 6) is 0.157. The van der Waals surface area contributed by atoms with Gasteiger partial charge < -0.3 is 5.32 Å². The molecule has 3 aromatic rings. The summed E-state index contributed by atoms with van der Waals surface area (Å²) in [6.45, 7) is 4.19. The molecule has 0 radical (unpaired) electrons. The highest BCUT2D eigenvalue weighted by molar-refractivity contribution is 7.92. The van der Waals surface area contributed by atoms with Crippen LogP contribution in [0.1, 0.15) is 35.7 Å². The zero-order chi connectivity index (χ0) is 20.1. The molecule has 0 saturated carbocycles. The summed E-state index contributed by atoms with van der Waals surface area (Å²) < 4.78 is 27.4. The average molecular weight is 394 g/mol. The average Bonchev–Trinajstić information content (AvgIpc) is 2.69. The largest absolute Gasteiger partial charge is 0.322 e. The van der Waals surface area contributed by atoms with E-state index < -0.39 is 10.0 Å². The number of rotatable bonds is 6. The van der Waals surface area contributed by atoms with E-state index in [1.807, 2.05) is 18.2 Å². The maximum atomic E-state index is 12.4. The number of benzene rings is 3. The van der Waals surface area contributed by atoms with Crippen molar-refractivity contribution in [2.45, 2.75) is 24.7 Å². The molecule has 5 nitrogen and oxygen atoms in total. The van der Waals surface area contributed by atoms with Gasteiger partial charge in [-0.3, -0.25) is 9.52 Å². The number of anilines is 2. The van der Waals surface area contributed by atoms with Crippen molar-refractivity contribution >= 4 is 27.3 Å². The van der Waals surface area contributed by atoms with Crippen molar-refractivity contribution in [3.05, 3.63) is 90.0 Å². The van der Waals surface area contributed by atoms with Crippen LogP contribution in [0, 0.1) is 0 Å². The van der Waals surface area contributed by atoms with E-state index in [2.05, 4.69) is 23.9 Å². The second kappa shape index (κ2) is 8.27. The molecule has 6 heteroatoms. The van der Waals surface area contributed by atoms with E-state index in [1.54, 1.807) is 48.5 Å². The molecule has 1 amide bonds. The molecule has 0 heterocycles. The van der Waals surface area contributed by atoms with E-state index in [1.165, 1.54) is 12.1 Å². The molecule has 0 aliphatic heterocycles. The molecule has 28 heavy (non-hydrogen) atoms. The van der Waals surface area contributed by atoms with Gasteiger partial charge in [0.25, 0.3) is 15.9 Å². The molecule has 0 spiro atoms. The third-order valence-corrected chi connectivity index (χ3v) is 5.69. The topological polar surface area (TPSA) is 75.3 Å². The number of nitrogens with one attached hydrogen (secondary N) is 2. The number of hydrogen-bond acceptors (Lipinski definition) is 3. The van der Waals surface area contributed by atoms with Crippen molar-refractivity contribution < 1.29 is 13.2 Å². The van der Waals surface area contributed by atoms with Gasteiger partial charge in [-0.1, -0.05) is 44.2 Å². The summed E-state index contributed by atoms with van der Waals surface area (Å²) in [4.78, 5) is 12.5. The van der Waals surface area contributed by atoms with Crippen LogP contribution in [-0.2, 0) is 10.0 Å². The van der Waals surface area contributed by atoms with Crippen molar-refractivity contribution in [3.63, 3.8) is 0 Å². The minimum Gasteiger partial charge on any atom is -0.322 e. The Balaban J connectivity index is 1.69. The van der Waals surface area contributed by atoms with Crippen LogP contribution in [-0.4, -0.2) is 14.3 Å². The Morgan fingerprint density at radius 2 is 1.39 bits per heavy atom. The molecule has 144 valence electrons. The maximum Gasteiger partial charge on any atom is 0.261 e. The Labute approximate surface area is 165 Å². The Morgan fingerprint density at radius 1 is 0.786 bits per heavy atom. The van der Waals surface area contributed by atoms with E-state index in [9.17, 15) is 13.2 Å². The van der Waals surface area contributed by atoms with Gasteiger partial charge in [-0.15, -0.1) is 0 Å². The molecular formula is C22H22N2O3S. The molecular weight excluding hydrogens is 372 g/mol. The van der Waals surface area contributed by atoms with Gasteiger partial charge in [0.15, 0.2) is 0 Å². The van der Waals surface area contributed by atoms with Gasteiger partial charge >= 0.3 is 0 Å². The second-order valence-electron chi connectivity index (χ2n) is 6.73. The van der Waals surface area contributed by atoms with Crippen molar-refractivity contribution in [1.29, 1.82) is 0 Å². The molecule has 0 fully saturated rings. The summed E-state index contributed by atoms with van der Waals surface area (Å²) in [5.41, 5.74) is 2.73. The summed E-state index contributed by atoms with van der Waals surface area (Å²) in [6.07, 6.45) is 0. The fraction of sp³-hybridized carbons (Fsp3) is 0.136. The summed E-state index contributed by atoms with van der Waals surface area (Å²) >= 11 is 0. The Hall–Kier alpha value is -3.12. The fourth-order valence-electron chi connectivity index (χ4n) is 2.66. The molecule has 0 atom stereocenters. The van der Waals surface area contributed by atoms with E-state index in [4.69, 9.17) is 0 Å². The lowest BCUT2D eigenvalue weighted by atomic mass is 10.0. The number of carbonyl (C=O) groups excluding carboxylic acids is 1. The van der Waals surface area contributed by atoms with Crippen molar-refractivity contribution in [3.8, 4) is 0 Å². The van der Waals surface area contributed by atoms with Crippen LogP contribution >= 0.6 is 0 Å². The van der Waals surface area contributed by atoms with Crippen LogP contribution in [0.3, 0.4) is 0 Å². The van der Waals surface area contributed by atoms with Crippen molar-refractivity contribution in [1.82, 2.24) is 0 Å². The van der Waals surface area contributed by atoms with E-state index in [0.29, 0.717) is 22.9 Å². The van der Waals surface area contributed by atoms with Gasteiger partial charge in [-0.05, 0) is 60.0 Å². The van der Waals surface area contributed by atoms with E-state index in [0.717, 1.165) is 5.56 Å². The van der Waals surface area contributed by atoms with Crippen LogP contribution < -0.4 is 10.0 Å². The highest BCUT2D eigenvalue weighted by atomic mass is 32.2. The lowest BCUT2D eigenvalue weighted by Gasteiger charge is -2.10. The fourth-order valence-corrected chi connectivity index (χ4v) is 3.72. The van der Waals surface area contributed by atoms with Gasteiger partial charge in [0, 0.05) is 16.9 Å². The van der Waals surface area contributed by atoms with Crippen molar-refractivity contribution in [2.75, 3.05) is 10.0 Å². The molecule has 0 aliphatic rings. The lowest BCUT2D eigenvalue weighted by Crippen LogP contribution is -2.14. The predicted octanol–water partition coefficient (Wildman–Crippen LogP) is 4.86. The molecule has 3 aromatic carbocycles. The van der Waals surface area contributed by atoms with Gasteiger partial charge in [0.05, 0.1) is 4.90 Å². The summed E-state index contributed by atoms with van der Waals surface area (Å²) in [5, 5.41) is 2.78. The third kappa shape index (κ3) is 4.78. The summed E-state index contributed by atoms with van der Waals surface area (Å²) in [6, 6.07) is 22.2. The van der Waals surface area contributed by atoms with Crippen LogP contribution in [0.15, 0.2) is 83.8 Å². The first kappa shape index (κ1) is 19.6. The molecule has 0 unspecified atom stereocenters. The smallest absolute Gasteiger partial charge is 0.261 e. The Bertz CT molecular complexity index is 1040. The molecule has 0 aliphatic carbocycles. The minimum absolute atomic E-state index is 0.121. The van der Waals surface area contributed by atoms with Crippen LogP contribution in [0.4, 0.5) is 11.4 Å². The first-order valence-electron chi connectivity index (χ1n) is 8.94. The third-order valence-electron chi connectivity index (χ3n) is 4.29. The number of amides is 1. The normalized spacial score (nSPS) is 11.2. The standard InChI is InChI=1S/C22H22N2O3S/c1-16(2)17-8-10-18(11-9-17)22(25)23-19-12-14-21(15-13-19)28(26,27)24-20-6-4-3-5-7-20/h3-16,24H,1-2H3,(H,23,25). The molecule has 0 saturated heterocycles. The highest BCUT2D eigenvalue weighted by Crippen LogP contribution is 2.19. The number of carbonyl (C=O) groups is 1. The molecule has 2 N–H and O–H groups in total. The van der Waals surface area contributed by atoms with Gasteiger partial charge in [0.2, 0.25) is 0 Å². The zero-order valence-corrected chi connectivity index (χ0v) is 16.5. The van der Waals surface area contributed by atoms with Crippen LogP contribution in [0.5, 0.6) is 0 Å².